The molecule has 0 unspecified atom stereocenters. The highest BCUT2D eigenvalue weighted by atomic mass is 19.3. The Morgan fingerprint density at radius 1 is 1.05 bits per heavy atom. The van der Waals surface area contributed by atoms with Crippen molar-refractivity contribution in [2.75, 3.05) is 56.6 Å². The first-order valence-electron chi connectivity index (χ1n) is 19.3. The van der Waals surface area contributed by atoms with E-state index in [2.05, 4.69) is 20.6 Å². The fourth-order valence-electron chi connectivity index (χ4n) is 8.44. The third-order valence-corrected chi connectivity index (χ3v) is 11.5. The number of imidazole rings is 1. The van der Waals surface area contributed by atoms with Gasteiger partial charge in [-0.25, -0.2) is 27.5 Å². The van der Waals surface area contributed by atoms with Gasteiger partial charge in [0.2, 0.25) is 0 Å². The molecule has 1 saturated carbocycles. The zero-order valence-electron chi connectivity index (χ0n) is 32.4. The maximum Gasteiger partial charge on any atom is 0.410 e. The summed E-state index contributed by atoms with van der Waals surface area (Å²) in [5.41, 5.74) is 2.75. The number of aromatic nitrogens is 4. The van der Waals surface area contributed by atoms with Gasteiger partial charge in [-0.2, -0.15) is 0 Å². The average molecular weight is 776 g/mol. The lowest BCUT2D eigenvalue weighted by atomic mass is 9.69. The molecule has 3 fully saturated rings. The zero-order valence-corrected chi connectivity index (χ0v) is 32.4. The van der Waals surface area contributed by atoms with Crippen LogP contribution >= 0.6 is 0 Å². The number of halogens is 3. The Hall–Kier alpha value is -4.96. The van der Waals surface area contributed by atoms with Gasteiger partial charge in [0.15, 0.2) is 17.2 Å². The monoisotopic (exact) mass is 775 g/mol. The van der Waals surface area contributed by atoms with Crippen molar-refractivity contribution in [3.8, 4) is 11.3 Å². The summed E-state index contributed by atoms with van der Waals surface area (Å²) >= 11 is 0. The molecular weight excluding hydrogens is 727 g/mol. The quantitative estimate of drug-likeness (QED) is 0.208. The molecule has 4 aliphatic rings. The van der Waals surface area contributed by atoms with Crippen LogP contribution in [-0.2, 0) is 22.4 Å². The van der Waals surface area contributed by atoms with Gasteiger partial charge in [0.25, 0.3) is 11.8 Å². The molecule has 1 aliphatic carbocycles. The van der Waals surface area contributed by atoms with Crippen molar-refractivity contribution in [3.05, 3.63) is 65.4 Å². The number of pyridine rings is 1. The Kier molecular flexibility index (Phi) is 9.62. The number of benzene rings is 1. The van der Waals surface area contributed by atoms with Gasteiger partial charge in [0.1, 0.15) is 17.1 Å². The molecule has 3 aromatic heterocycles. The Morgan fingerprint density at radius 3 is 2.54 bits per heavy atom. The number of hydrogen-bond acceptors (Lipinski definition) is 10. The van der Waals surface area contributed by atoms with Crippen LogP contribution in [0.4, 0.5) is 35.2 Å². The highest BCUT2D eigenvalue weighted by Gasteiger charge is 2.63. The van der Waals surface area contributed by atoms with E-state index in [1.54, 1.807) is 38.5 Å². The lowest BCUT2D eigenvalue weighted by Crippen LogP contribution is -2.70. The number of carbonyl (C=O) groups is 2. The third-order valence-electron chi connectivity index (χ3n) is 11.5. The summed E-state index contributed by atoms with van der Waals surface area (Å²) in [7, 11) is 1.79. The van der Waals surface area contributed by atoms with Gasteiger partial charge >= 0.3 is 6.09 Å². The predicted octanol–water partition coefficient (Wildman–Crippen LogP) is 6.04. The van der Waals surface area contributed by atoms with E-state index in [0.717, 1.165) is 29.0 Å². The van der Waals surface area contributed by atoms with Crippen LogP contribution in [0.3, 0.4) is 0 Å². The van der Waals surface area contributed by atoms with Gasteiger partial charge in [-0.05, 0) is 76.6 Å². The lowest BCUT2D eigenvalue weighted by Gasteiger charge is -2.57. The molecule has 2 N–H and O–H groups in total. The zero-order chi connectivity index (χ0) is 39.6. The molecule has 8 rings (SSSR count). The molecule has 2 saturated heterocycles. The molecule has 0 bridgehead atoms. The van der Waals surface area contributed by atoms with Gasteiger partial charge in [-0.3, -0.25) is 14.7 Å². The molecule has 2 amide bonds. The van der Waals surface area contributed by atoms with E-state index < -0.39 is 35.4 Å². The number of fused-ring (bicyclic) bond motifs is 2. The second kappa shape index (κ2) is 14.2. The second-order valence-corrected chi connectivity index (χ2v) is 16.4. The summed E-state index contributed by atoms with van der Waals surface area (Å²) in [4.78, 5) is 39.9. The van der Waals surface area contributed by atoms with E-state index in [1.165, 1.54) is 12.3 Å². The molecule has 298 valence electrons. The largest absolute Gasteiger partial charge is 0.444 e. The number of nitrogens with one attached hydrogen (secondary N) is 2. The molecule has 1 aromatic carbocycles. The maximum absolute atomic E-state index is 15.9. The number of rotatable bonds is 9. The smallest absolute Gasteiger partial charge is 0.410 e. The van der Waals surface area contributed by atoms with Crippen LogP contribution in [0.1, 0.15) is 68.6 Å². The van der Waals surface area contributed by atoms with Crippen LogP contribution in [0.2, 0.25) is 0 Å². The Balaban J connectivity index is 0.966. The van der Waals surface area contributed by atoms with Crippen molar-refractivity contribution in [3.63, 3.8) is 0 Å². The summed E-state index contributed by atoms with van der Waals surface area (Å²) in [6.07, 6.45) is 4.92. The number of hydrogen-bond donors (Lipinski definition) is 2. The number of likely N-dealkylation sites (tertiary alicyclic amines) is 2. The van der Waals surface area contributed by atoms with Crippen molar-refractivity contribution in [2.45, 2.75) is 83.6 Å². The number of carbonyl (C=O) groups excluding carboxylic acids is 2. The number of nitrogens with zero attached hydrogens (tertiary/aromatic N) is 7. The van der Waals surface area contributed by atoms with E-state index >= 15 is 13.2 Å². The molecule has 6 heterocycles. The van der Waals surface area contributed by atoms with Gasteiger partial charge in [0.05, 0.1) is 36.0 Å². The lowest BCUT2D eigenvalue weighted by molar-refractivity contribution is -0.223. The topological polar surface area (TPSA) is 129 Å². The molecule has 3 aliphatic heterocycles. The fraction of sp³-hybridized carbons (Fsp3) is 0.525. The Bertz CT molecular complexity index is 2170. The highest BCUT2D eigenvalue weighted by molar-refractivity contribution is 5.94. The number of amides is 2. The number of piperidine rings is 1. The van der Waals surface area contributed by atoms with Gasteiger partial charge < -0.3 is 29.9 Å². The summed E-state index contributed by atoms with van der Waals surface area (Å²) in [6, 6.07) is 8.92. The Morgan fingerprint density at radius 2 is 1.86 bits per heavy atom. The summed E-state index contributed by atoms with van der Waals surface area (Å²) in [5.74, 6) is -3.26. The van der Waals surface area contributed by atoms with Crippen molar-refractivity contribution in [1.29, 1.82) is 0 Å². The van der Waals surface area contributed by atoms with Crippen LogP contribution in [0, 0.1) is 11.2 Å². The molecule has 16 heteroatoms. The van der Waals surface area contributed by atoms with E-state index in [0.29, 0.717) is 53.5 Å². The van der Waals surface area contributed by atoms with Crippen LogP contribution < -0.4 is 15.5 Å². The third kappa shape index (κ3) is 6.80. The molecular formula is C40H48F3N9O4. The van der Waals surface area contributed by atoms with Crippen LogP contribution in [0.15, 0.2) is 42.7 Å². The minimum Gasteiger partial charge on any atom is -0.444 e. The van der Waals surface area contributed by atoms with E-state index in [-0.39, 0.29) is 56.3 Å². The Labute approximate surface area is 323 Å². The van der Waals surface area contributed by atoms with Gasteiger partial charge in [0, 0.05) is 69.9 Å². The van der Waals surface area contributed by atoms with Crippen LogP contribution in [0.5, 0.6) is 0 Å². The second-order valence-electron chi connectivity index (χ2n) is 16.4. The van der Waals surface area contributed by atoms with Gasteiger partial charge in [-0.1, -0.05) is 12.1 Å². The van der Waals surface area contributed by atoms with E-state index in [4.69, 9.17) is 14.6 Å². The van der Waals surface area contributed by atoms with E-state index in [1.807, 2.05) is 41.0 Å². The maximum atomic E-state index is 15.9. The molecule has 56 heavy (non-hydrogen) atoms. The van der Waals surface area contributed by atoms with Crippen molar-refractivity contribution in [2.24, 2.45) is 5.41 Å². The predicted molar refractivity (Wildman–Crippen MR) is 204 cm³/mol. The minimum atomic E-state index is -3.08. The summed E-state index contributed by atoms with van der Waals surface area (Å²) in [6.45, 7) is 8.29. The van der Waals surface area contributed by atoms with Crippen molar-refractivity contribution in [1.82, 2.24) is 34.7 Å². The number of anilines is 3. The average Bonchev–Trinajstić information content (AvgIpc) is 3.76. The molecule has 4 aromatic rings. The van der Waals surface area contributed by atoms with Gasteiger partial charge in [-0.15, -0.1) is 5.10 Å². The number of ether oxygens (including phenoxy) is 2. The fourth-order valence-corrected chi connectivity index (χ4v) is 8.44. The molecule has 0 radical (unpaired) electrons. The summed E-state index contributed by atoms with van der Waals surface area (Å²) in [5, 5.41) is 11.1. The molecule has 1 spiro atoms. The highest BCUT2D eigenvalue weighted by Crippen LogP contribution is 2.51. The number of alkyl halides is 2. The van der Waals surface area contributed by atoms with Crippen LogP contribution in [-0.4, -0.2) is 111 Å². The first-order valence-corrected chi connectivity index (χ1v) is 19.3. The first kappa shape index (κ1) is 37.9. The first-order chi connectivity index (χ1) is 26.7. The molecule has 2 atom stereocenters. The van der Waals surface area contributed by atoms with Crippen molar-refractivity contribution < 1.29 is 32.2 Å². The molecule has 13 nitrogen and oxygen atoms in total. The summed E-state index contributed by atoms with van der Waals surface area (Å²) < 4.78 is 59.4. The van der Waals surface area contributed by atoms with Crippen molar-refractivity contribution >= 4 is 34.8 Å². The van der Waals surface area contributed by atoms with E-state index in [9.17, 15) is 9.59 Å². The minimum absolute atomic E-state index is 0.00231. The SMILES string of the molecule is CCO[C@@H]1CC[C@H]1NC(=O)c1cnc2c(NC)cc(N3CCc4c(-c5ncc(CN6CC7(CCN(C(=O)OC(C)(C)C)CC7(F)F)C6)cc5F)cccc43)nn12. The van der Waals surface area contributed by atoms with Crippen LogP contribution in [0.25, 0.3) is 16.9 Å². The standard InChI is InChI=1S/C40H48F3N9O4/c1-6-55-32-11-10-28(32)47-36(53)31-19-46-35-29(44-5)17-33(48-52(31)35)51-14-12-25-26(8-7-9-30(25)51)34-27(41)16-24(18-45-34)20-49-21-39(22-49)13-15-50(23-40(39,42)43)37(54)56-38(2,3)4/h7-9,16-19,28,32,44H,6,10-15,20-23H2,1-5H3,(H,47,53)/t28-,32-/m1/s1. The normalized spacial score (nSPS) is 21.4.